The summed E-state index contributed by atoms with van der Waals surface area (Å²) < 4.78 is 5.14. The lowest BCUT2D eigenvalue weighted by Gasteiger charge is -2.30. The van der Waals surface area contributed by atoms with E-state index in [1.54, 1.807) is 7.11 Å². The van der Waals surface area contributed by atoms with Crippen LogP contribution in [0.1, 0.15) is 52.4 Å². The fourth-order valence-electron chi connectivity index (χ4n) is 2.68. The van der Waals surface area contributed by atoms with E-state index in [1.807, 2.05) is 0 Å². The van der Waals surface area contributed by atoms with Gasteiger partial charge in [-0.05, 0) is 26.2 Å². The molecule has 1 rings (SSSR count). The molecule has 3 heteroatoms. The van der Waals surface area contributed by atoms with Gasteiger partial charge >= 0.3 is 0 Å². The Hall–Kier alpha value is -0.410. The second-order valence-electron chi connectivity index (χ2n) is 5.52. The van der Waals surface area contributed by atoms with E-state index in [-0.39, 0.29) is 0 Å². The van der Waals surface area contributed by atoms with E-state index < -0.39 is 0 Å². The Kier molecular flexibility index (Phi) is 7.52. The van der Waals surface area contributed by atoms with Crippen molar-refractivity contribution in [1.29, 1.82) is 0 Å². The second-order valence-corrected chi connectivity index (χ2v) is 5.52. The number of hydrogen-bond donors (Lipinski definition) is 0. The van der Waals surface area contributed by atoms with Gasteiger partial charge in [0.05, 0.1) is 13.2 Å². The highest BCUT2D eigenvalue weighted by Gasteiger charge is 2.24. The van der Waals surface area contributed by atoms with Crippen molar-refractivity contribution in [2.75, 3.05) is 26.8 Å². The zero-order valence-electron chi connectivity index (χ0n) is 12.3. The van der Waals surface area contributed by atoms with Crippen molar-refractivity contribution in [1.82, 2.24) is 4.90 Å². The molecule has 0 aliphatic heterocycles. The van der Waals surface area contributed by atoms with Crippen molar-refractivity contribution in [3.8, 4) is 0 Å². The Labute approximate surface area is 112 Å². The van der Waals surface area contributed by atoms with E-state index in [2.05, 4.69) is 18.7 Å². The third kappa shape index (κ3) is 5.07. The summed E-state index contributed by atoms with van der Waals surface area (Å²) in [6.45, 7) is 6.56. The van der Waals surface area contributed by atoms with Crippen molar-refractivity contribution in [2.45, 2.75) is 58.4 Å². The molecule has 1 aliphatic rings. The molecule has 0 amide bonds. The molecule has 0 heterocycles. The molecule has 1 unspecified atom stereocenters. The molecule has 106 valence electrons. The maximum atomic E-state index is 12.3. The lowest BCUT2D eigenvalue weighted by molar-refractivity contribution is -0.125. The van der Waals surface area contributed by atoms with Crippen LogP contribution in [0.2, 0.25) is 0 Å². The number of rotatable bonds is 8. The van der Waals surface area contributed by atoms with Gasteiger partial charge in [0.1, 0.15) is 5.78 Å². The van der Waals surface area contributed by atoms with Crippen LogP contribution in [-0.4, -0.2) is 43.5 Å². The number of ether oxygens (including phenoxy) is 1. The highest BCUT2D eigenvalue weighted by molar-refractivity contribution is 5.83. The topological polar surface area (TPSA) is 29.5 Å². The first-order valence-electron chi connectivity index (χ1n) is 7.44. The molecule has 0 radical (unpaired) electrons. The summed E-state index contributed by atoms with van der Waals surface area (Å²) >= 11 is 0. The van der Waals surface area contributed by atoms with Gasteiger partial charge in [0, 0.05) is 25.6 Å². The van der Waals surface area contributed by atoms with Crippen LogP contribution >= 0.6 is 0 Å². The second kappa shape index (κ2) is 8.65. The molecule has 18 heavy (non-hydrogen) atoms. The molecule has 1 fully saturated rings. The lowest BCUT2D eigenvalue weighted by atomic mass is 9.86. The fourth-order valence-corrected chi connectivity index (χ4v) is 2.68. The highest BCUT2D eigenvalue weighted by atomic mass is 16.5. The van der Waals surface area contributed by atoms with Gasteiger partial charge in [-0.1, -0.05) is 26.2 Å². The van der Waals surface area contributed by atoms with Crippen LogP contribution in [0.25, 0.3) is 0 Å². The summed E-state index contributed by atoms with van der Waals surface area (Å²) in [5.74, 6) is 0.777. The Bertz CT molecular complexity index is 237. The molecule has 3 nitrogen and oxygen atoms in total. The van der Waals surface area contributed by atoms with Crippen LogP contribution in [0.15, 0.2) is 0 Å². The molecule has 1 aliphatic carbocycles. The van der Waals surface area contributed by atoms with E-state index in [1.165, 1.54) is 19.3 Å². The van der Waals surface area contributed by atoms with E-state index in [4.69, 9.17) is 4.74 Å². The number of hydrogen-bond acceptors (Lipinski definition) is 3. The lowest BCUT2D eigenvalue weighted by Crippen LogP contribution is -2.41. The maximum Gasteiger partial charge on any atom is 0.149 e. The van der Waals surface area contributed by atoms with Crippen LogP contribution in [0.5, 0.6) is 0 Å². The van der Waals surface area contributed by atoms with Gasteiger partial charge in [0.2, 0.25) is 0 Å². The van der Waals surface area contributed by atoms with E-state index in [9.17, 15) is 4.79 Å². The number of ketones is 1. The van der Waals surface area contributed by atoms with Gasteiger partial charge in [-0.15, -0.1) is 0 Å². The molecular weight excluding hydrogens is 226 g/mol. The first kappa shape index (κ1) is 15.6. The fraction of sp³-hybridized carbons (Fsp3) is 0.933. The molecule has 0 saturated heterocycles. The van der Waals surface area contributed by atoms with Crippen LogP contribution < -0.4 is 0 Å². The molecule has 0 aromatic rings. The minimum Gasteiger partial charge on any atom is -0.383 e. The summed E-state index contributed by atoms with van der Waals surface area (Å²) in [6.07, 6.45) is 7.08. The molecule has 0 aromatic heterocycles. The molecule has 1 atom stereocenters. The molecule has 0 aromatic carbocycles. The van der Waals surface area contributed by atoms with Gasteiger partial charge in [0.15, 0.2) is 0 Å². The van der Waals surface area contributed by atoms with Crippen molar-refractivity contribution in [3.63, 3.8) is 0 Å². The van der Waals surface area contributed by atoms with Crippen molar-refractivity contribution in [2.24, 2.45) is 5.92 Å². The third-order valence-corrected chi connectivity index (χ3v) is 4.22. The third-order valence-electron chi connectivity index (χ3n) is 4.22. The van der Waals surface area contributed by atoms with E-state index in [0.717, 1.165) is 25.8 Å². The molecule has 0 N–H and O–H groups in total. The van der Waals surface area contributed by atoms with Crippen molar-refractivity contribution >= 4 is 5.78 Å². The van der Waals surface area contributed by atoms with Gasteiger partial charge in [-0.25, -0.2) is 0 Å². The Balaban J connectivity index is 2.44. The van der Waals surface area contributed by atoms with Crippen LogP contribution in [0.3, 0.4) is 0 Å². The summed E-state index contributed by atoms with van der Waals surface area (Å²) in [5, 5.41) is 0. The van der Waals surface area contributed by atoms with Crippen LogP contribution in [-0.2, 0) is 9.53 Å². The van der Waals surface area contributed by atoms with Crippen LogP contribution in [0.4, 0.5) is 0 Å². The Morgan fingerprint density at radius 2 is 2.00 bits per heavy atom. The summed E-state index contributed by atoms with van der Waals surface area (Å²) in [7, 11) is 1.72. The zero-order valence-corrected chi connectivity index (χ0v) is 12.3. The van der Waals surface area contributed by atoms with Gasteiger partial charge in [0.25, 0.3) is 0 Å². The summed E-state index contributed by atoms with van der Waals surface area (Å²) in [4.78, 5) is 14.6. The monoisotopic (exact) mass is 255 g/mol. The molecule has 0 spiro atoms. The maximum absolute atomic E-state index is 12.3. The quantitative estimate of drug-likeness (QED) is 0.668. The Morgan fingerprint density at radius 1 is 1.33 bits per heavy atom. The van der Waals surface area contributed by atoms with Gasteiger partial charge < -0.3 is 4.74 Å². The number of methoxy groups -OCH3 is 1. The normalized spacial score (nSPS) is 19.1. The largest absolute Gasteiger partial charge is 0.383 e. The molecule has 0 bridgehead atoms. The predicted molar refractivity (Wildman–Crippen MR) is 74.8 cm³/mol. The minimum atomic E-state index is 0.327. The SMILES string of the molecule is CCC(C)N(CCOC)CC(=O)C1CCCCC1. The number of Topliss-reactive ketones (excluding diaryl/α,β-unsaturated/α-hetero) is 1. The highest BCUT2D eigenvalue weighted by Crippen LogP contribution is 2.24. The Morgan fingerprint density at radius 3 is 2.56 bits per heavy atom. The van der Waals surface area contributed by atoms with Gasteiger partial charge in [-0.3, -0.25) is 9.69 Å². The predicted octanol–water partition coefficient (Wildman–Crippen LogP) is 2.88. The van der Waals surface area contributed by atoms with E-state index in [0.29, 0.717) is 30.9 Å². The number of carbonyl (C=O) groups excluding carboxylic acids is 1. The molecule has 1 saturated carbocycles. The number of nitrogens with zero attached hydrogens (tertiary/aromatic N) is 1. The average molecular weight is 255 g/mol. The summed E-state index contributed by atoms with van der Waals surface area (Å²) in [6, 6.07) is 0.465. The summed E-state index contributed by atoms with van der Waals surface area (Å²) in [5.41, 5.74) is 0. The van der Waals surface area contributed by atoms with E-state index >= 15 is 0 Å². The number of carbonyl (C=O) groups is 1. The first-order valence-corrected chi connectivity index (χ1v) is 7.44. The standard InChI is InChI=1S/C15H29NO2/c1-4-13(2)16(10-11-18-3)12-15(17)14-8-6-5-7-9-14/h13-14H,4-12H2,1-3H3. The molecular formula is C15H29NO2. The van der Waals surface area contributed by atoms with Crippen molar-refractivity contribution in [3.05, 3.63) is 0 Å². The minimum absolute atomic E-state index is 0.327. The van der Waals surface area contributed by atoms with Gasteiger partial charge in [-0.2, -0.15) is 0 Å². The smallest absolute Gasteiger partial charge is 0.149 e. The first-order chi connectivity index (χ1) is 8.69. The van der Waals surface area contributed by atoms with Crippen LogP contribution in [0, 0.1) is 5.92 Å². The van der Waals surface area contributed by atoms with Crippen molar-refractivity contribution < 1.29 is 9.53 Å². The average Bonchev–Trinajstić information content (AvgIpc) is 2.43. The zero-order chi connectivity index (χ0) is 13.4.